The monoisotopic (exact) mass is 560 g/mol. The van der Waals surface area contributed by atoms with Crippen LogP contribution < -0.4 is 15.2 Å². The van der Waals surface area contributed by atoms with Crippen LogP contribution in [0.5, 0.6) is 5.75 Å². The topological polar surface area (TPSA) is 85.5 Å². The molecule has 0 aliphatic carbocycles. The number of alkyl halides is 2. The van der Waals surface area contributed by atoms with E-state index in [1.54, 1.807) is 49.2 Å². The second-order valence-corrected chi connectivity index (χ2v) is 10.1. The van der Waals surface area contributed by atoms with Crippen molar-refractivity contribution in [2.45, 2.75) is 39.5 Å². The fraction of sp³-hybridized carbons (Fsp3) is 0.333. The van der Waals surface area contributed by atoms with Gasteiger partial charge in [-0.05, 0) is 36.2 Å². The molecule has 1 amide bonds. The first-order valence-corrected chi connectivity index (χ1v) is 13.2. The van der Waals surface area contributed by atoms with Crippen molar-refractivity contribution < 1.29 is 18.3 Å². The van der Waals surface area contributed by atoms with E-state index in [1.165, 1.54) is 10.7 Å². The van der Waals surface area contributed by atoms with Crippen LogP contribution in [0.4, 0.5) is 14.7 Å². The second-order valence-electron chi connectivity index (χ2n) is 10.1. The number of ether oxygens (including phenoxy) is 1. The first-order valence-electron chi connectivity index (χ1n) is 13.2. The molecule has 1 saturated heterocycles. The molecule has 1 aliphatic rings. The Balaban J connectivity index is 1.48. The fourth-order valence-corrected chi connectivity index (χ4v) is 5.41. The van der Waals surface area contributed by atoms with E-state index in [4.69, 9.17) is 11.2 Å². The third-order valence-electron chi connectivity index (χ3n) is 7.50. The molecule has 11 heteroatoms. The minimum Gasteiger partial charge on any atom is -0.434 e. The SMILES string of the molecule is C#CCc1cccc(OC(F)F)c1Cn1c2cc(-c3cnc(N4CCN(C(C)=O)[C@H](C)C4)nc3)ccc2c(=O)n1C. The standard InChI is InChI=1S/C30H30F2N6O3/c1-5-7-21-8-6-9-27(41-29(31)32)25(21)18-38-26-14-22(10-11-24(26)28(40)35(38)4)23-15-33-30(34-16-23)36-12-13-37(20(3)39)19(2)17-36/h1,6,8-11,14-16,19,29H,7,12-13,17-18H2,2-4H3/t19-/m1/s1. The number of anilines is 1. The van der Waals surface area contributed by atoms with E-state index in [0.717, 1.165) is 11.1 Å². The molecular weight excluding hydrogens is 530 g/mol. The lowest BCUT2D eigenvalue weighted by atomic mass is 10.0. The van der Waals surface area contributed by atoms with Crippen molar-refractivity contribution in [1.82, 2.24) is 24.2 Å². The highest BCUT2D eigenvalue weighted by Crippen LogP contribution is 2.29. The average Bonchev–Trinajstić information content (AvgIpc) is 3.18. The summed E-state index contributed by atoms with van der Waals surface area (Å²) in [6.45, 7) is 2.56. The first kappa shape index (κ1) is 27.8. The summed E-state index contributed by atoms with van der Waals surface area (Å²) < 4.78 is 34.4. The number of terminal acetylenes is 1. The van der Waals surface area contributed by atoms with Crippen molar-refractivity contribution in [2.75, 3.05) is 24.5 Å². The molecule has 0 unspecified atom stereocenters. The molecule has 1 atom stereocenters. The van der Waals surface area contributed by atoms with E-state index >= 15 is 0 Å². The zero-order chi connectivity index (χ0) is 29.3. The molecule has 0 spiro atoms. The summed E-state index contributed by atoms with van der Waals surface area (Å²) in [6, 6.07) is 10.3. The number of piperazine rings is 1. The molecule has 2 aromatic carbocycles. The molecule has 41 heavy (non-hydrogen) atoms. The van der Waals surface area contributed by atoms with E-state index in [0.29, 0.717) is 47.6 Å². The quantitative estimate of drug-likeness (QED) is 0.321. The minimum atomic E-state index is -3.00. The Labute approximate surface area is 236 Å². The Bertz CT molecular complexity index is 1690. The smallest absolute Gasteiger partial charge is 0.387 e. The third-order valence-corrected chi connectivity index (χ3v) is 7.50. The summed E-state index contributed by atoms with van der Waals surface area (Å²) in [7, 11) is 1.63. The largest absolute Gasteiger partial charge is 0.434 e. The van der Waals surface area contributed by atoms with Crippen LogP contribution in [0.2, 0.25) is 0 Å². The Morgan fingerprint density at radius 2 is 1.93 bits per heavy atom. The molecule has 0 radical (unpaired) electrons. The minimum absolute atomic E-state index is 0.0145. The van der Waals surface area contributed by atoms with Crippen molar-refractivity contribution >= 4 is 22.8 Å². The number of amides is 1. The van der Waals surface area contributed by atoms with Gasteiger partial charge in [0.15, 0.2) is 0 Å². The summed E-state index contributed by atoms with van der Waals surface area (Å²) in [5, 5.41) is 0.483. The summed E-state index contributed by atoms with van der Waals surface area (Å²) in [6.07, 6.45) is 9.22. The van der Waals surface area contributed by atoms with Crippen LogP contribution >= 0.6 is 0 Å². The number of aromatic nitrogens is 4. The van der Waals surface area contributed by atoms with Gasteiger partial charge in [-0.1, -0.05) is 18.2 Å². The number of hydrogen-bond acceptors (Lipinski definition) is 6. The van der Waals surface area contributed by atoms with Gasteiger partial charge in [0.25, 0.3) is 5.56 Å². The lowest BCUT2D eigenvalue weighted by molar-refractivity contribution is -0.131. The van der Waals surface area contributed by atoms with Gasteiger partial charge in [0.05, 0.1) is 17.4 Å². The van der Waals surface area contributed by atoms with Gasteiger partial charge >= 0.3 is 6.61 Å². The Morgan fingerprint density at radius 1 is 1.17 bits per heavy atom. The molecular formula is C30H30F2N6O3. The normalized spacial score (nSPS) is 15.4. The van der Waals surface area contributed by atoms with E-state index in [9.17, 15) is 18.4 Å². The van der Waals surface area contributed by atoms with Gasteiger partial charge in [0.1, 0.15) is 5.75 Å². The van der Waals surface area contributed by atoms with Crippen LogP contribution in [-0.4, -0.2) is 62.4 Å². The van der Waals surface area contributed by atoms with E-state index in [1.807, 2.05) is 24.0 Å². The fourth-order valence-electron chi connectivity index (χ4n) is 5.41. The molecule has 5 rings (SSSR count). The molecule has 9 nitrogen and oxygen atoms in total. The lowest BCUT2D eigenvalue weighted by Crippen LogP contribution is -2.53. The van der Waals surface area contributed by atoms with Crippen LogP contribution in [0.25, 0.3) is 22.0 Å². The molecule has 3 heterocycles. The molecule has 1 aliphatic heterocycles. The van der Waals surface area contributed by atoms with Crippen molar-refractivity contribution in [3.8, 4) is 29.2 Å². The Kier molecular flexibility index (Phi) is 7.75. The number of fused-ring (bicyclic) bond motifs is 1. The molecule has 0 bridgehead atoms. The van der Waals surface area contributed by atoms with Crippen molar-refractivity contribution in [1.29, 1.82) is 0 Å². The van der Waals surface area contributed by atoms with Crippen molar-refractivity contribution in [2.24, 2.45) is 7.05 Å². The molecule has 4 aromatic rings. The van der Waals surface area contributed by atoms with Gasteiger partial charge in [-0.3, -0.25) is 19.0 Å². The van der Waals surface area contributed by atoms with Gasteiger partial charge in [0.2, 0.25) is 11.9 Å². The van der Waals surface area contributed by atoms with E-state index in [-0.39, 0.29) is 36.2 Å². The zero-order valence-electron chi connectivity index (χ0n) is 23.1. The van der Waals surface area contributed by atoms with Crippen LogP contribution in [0.15, 0.2) is 53.6 Å². The second kappa shape index (κ2) is 11.4. The van der Waals surface area contributed by atoms with E-state index < -0.39 is 6.61 Å². The first-order chi connectivity index (χ1) is 19.7. The summed E-state index contributed by atoms with van der Waals surface area (Å²) in [4.78, 5) is 37.9. The zero-order valence-corrected chi connectivity index (χ0v) is 23.1. The van der Waals surface area contributed by atoms with Crippen molar-refractivity contribution in [3.05, 3.63) is 70.3 Å². The van der Waals surface area contributed by atoms with Crippen LogP contribution in [-0.2, 0) is 24.8 Å². The number of halogens is 2. The lowest BCUT2D eigenvalue weighted by Gasteiger charge is -2.39. The Morgan fingerprint density at radius 3 is 2.59 bits per heavy atom. The van der Waals surface area contributed by atoms with Gasteiger partial charge in [0, 0.05) is 69.6 Å². The molecule has 2 aromatic heterocycles. The highest BCUT2D eigenvalue weighted by Gasteiger charge is 2.26. The van der Waals surface area contributed by atoms with Crippen LogP contribution in [0.1, 0.15) is 25.0 Å². The predicted octanol–water partition coefficient (Wildman–Crippen LogP) is 3.68. The Hall–Kier alpha value is -4.72. The summed E-state index contributed by atoms with van der Waals surface area (Å²) in [5.74, 6) is 3.21. The number of rotatable bonds is 7. The molecule has 212 valence electrons. The molecule has 1 fully saturated rings. The van der Waals surface area contributed by atoms with Crippen LogP contribution in [0, 0.1) is 12.3 Å². The van der Waals surface area contributed by atoms with Crippen molar-refractivity contribution in [3.63, 3.8) is 0 Å². The highest BCUT2D eigenvalue weighted by atomic mass is 19.3. The summed E-state index contributed by atoms with van der Waals surface area (Å²) >= 11 is 0. The average molecular weight is 561 g/mol. The summed E-state index contributed by atoms with van der Waals surface area (Å²) in [5.41, 5.74) is 3.09. The highest BCUT2D eigenvalue weighted by molar-refractivity contribution is 5.84. The maximum Gasteiger partial charge on any atom is 0.387 e. The predicted molar refractivity (Wildman–Crippen MR) is 152 cm³/mol. The maximum atomic E-state index is 13.2. The van der Waals surface area contributed by atoms with Gasteiger partial charge < -0.3 is 14.5 Å². The number of hydrogen-bond donors (Lipinski definition) is 0. The third kappa shape index (κ3) is 5.50. The number of benzene rings is 2. The number of nitrogens with zero attached hydrogens (tertiary/aromatic N) is 6. The number of carbonyl (C=O) groups is 1. The van der Waals surface area contributed by atoms with Crippen LogP contribution in [0.3, 0.4) is 0 Å². The maximum absolute atomic E-state index is 13.2. The van der Waals surface area contributed by atoms with Gasteiger partial charge in [-0.25, -0.2) is 9.97 Å². The number of carbonyl (C=O) groups excluding carboxylic acids is 1. The van der Waals surface area contributed by atoms with E-state index in [2.05, 4.69) is 20.8 Å². The van der Waals surface area contributed by atoms with Gasteiger partial charge in [-0.2, -0.15) is 8.78 Å². The molecule has 0 N–H and O–H groups in total. The molecule has 0 saturated carbocycles. The van der Waals surface area contributed by atoms with Gasteiger partial charge in [-0.15, -0.1) is 12.3 Å².